The molecule has 1 aromatic heterocycles. The van der Waals surface area contributed by atoms with Crippen LogP contribution in [0.2, 0.25) is 0 Å². The van der Waals surface area contributed by atoms with E-state index in [1.807, 2.05) is 0 Å². The molecule has 4 nitrogen and oxygen atoms in total. The van der Waals surface area contributed by atoms with E-state index in [9.17, 15) is 4.79 Å². The molecule has 0 aromatic carbocycles. The second-order valence-corrected chi connectivity index (χ2v) is 2.42. The topological polar surface area (TPSA) is 55.1 Å². The van der Waals surface area contributed by atoms with Gasteiger partial charge in [-0.05, 0) is 0 Å². The highest BCUT2D eigenvalue weighted by Crippen LogP contribution is 2.09. The van der Waals surface area contributed by atoms with Crippen LogP contribution in [0.25, 0.3) is 0 Å². The van der Waals surface area contributed by atoms with Gasteiger partial charge in [0.15, 0.2) is 0 Å². The van der Waals surface area contributed by atoms with Crippen LogP contribution in [0.1, 0.15) is 16.1 Å². The Hall–Kier alpha value is -0.970. The minimum atomic E-state index is -0.964. The molecule has 0 spiro atoms. The predicted molar refractivity (Wildman–Crippen MR) is 42.9 cm³/mol. The first-order valence-electron chi connectivity index (χ1n) is 3.02. The number of hydrogen-bond acceptors (Lipinski definition) is 3. The maximum absolute atomic E-state index is 10.6. The van der Waals surface area contributed by atoms with Gasteiger partial charge >= 0.3 is 5.97 Å². The van der Waals surface area contributed by atoms with Crippen molar-refractivity contribution in [1.82, 2.24) is 9.78 Å². The van der Waals surface area contributed by atoms with Gasteiger partial charge in [0.25, 0.3) is 0 Å². The van der Waals surface area contributed by atoms with Gasteiger partial charge in [-0.15, -0.1) is 0 Å². The van der Waals surface area contributed by atoms with Crippen LogP contribution >= 0.6 is 12.6 Å². The van der Waals surface area contributed by atoms with Crippen molar-refractivity contribution in [2.24, 2.45) is 7.05 Å². The molecule has 0 atom stereocenters. The van der Waals surface area contributed by atoms with Crippen molar-refractivity contribution in [1.29, 1.82) is 0 Å². The lowest BCUT2D eigenvalue weighted by molar-refractivity contribution is 0.0684. The molecule has 0 aliphatic carbocycles. The third-order valence-corrected chi connectivity index (χ3v) is 1.73. The van der Waals surface area contributed by atoms with Gasteiger partial charge in [-0.25, -0.2) is 4.79 Å². The summed E-state index contributed by atoms with van der Waals surface area (Å²) in [6.07, 6.45) is 1.51. The molecule has 5 heteroatoms. The smallest absolute Gasteiger partial charge is 0.354 e. The Bertz CT molecular complexity index is 282. The van der Waals surface area contributed by atoms with E-state index in [2.05, 4.69) is 17.7 Å². The Kier molecular flexibility index (Phi) is 2.19. The fourth-order valence-electron chi connectivity index (χ4n) is 0.874. The van der Waals surface area contributed by atoms with Crippen molar-refractivity contribution in [3.05, 3.63) is 17.5 Å². The van der Waals surface area contributed by atoms with Crippen molar-refractivity contribution in [3.63, 3.8) is 0 Å². The maximum atomic E-state index is 10.6. The molecule has 1 N–H and O–H groups in total. The lowest BCUT2D eigenvalue weighted by Crippen LogP contribution is -2.07. The normalized spacial score (nSPS) is 10.0. The zero-order valence-electron chi connectivity index (χ0n) is 5.98. The highest BCUT2D eigenvalue weighted by Gasteiger charge is 2.13. The second kappa shape index (κ2) is 2.96. The van der Waals surface area contributed by atoms with Crippen LogP contribution in [-0.4, -0.2) is 20.9 Å². The Labute approximate surface area is 69.2 Å². The number of thiol groups is 1. The van der Waals surface area contributed by atoms with E-state index in [-0.39, 0.29) is 5.69 Å². The quantitative estimate of drug-likeness (QED) is 0.640. The molecule has 0 saturated heterocycles. The Morgan fingerprint density at radius 2 is 2.55 bits per heavy atom. The Morgan fingerprint density at radius 1 is 1.91 bits per heavy atom. The number of hydrogen-bond donors (Lipinski definition) is 2. The fraction of sp³-hybridized carbons (Fsp3) is 0.333. The van der Waals surface area contributed by atoms with Crippen LogP contribution in [-0.2, 0) is 12.8 Å². The van der Waals surface area contributed by atoms with E-state index in [0.717, 1.165) is 0 Å². The molecule has 0 radical (unpaired) electrons. The summed E-state index contributed by atoms with van der Waals surface area (Å²) in [5.74, 6) is -0.566. The summed E-state index contributed by atoms with van der Waals surface area (Å²) in [5, 5.41) is 12.5. The fourth-order valence-corrected chi connectivity index (χ4v) is 1.11. The monoisotopic (exact) mass is 172 g/mol. The average molecular weight is 172 g/mol. The minimum absolute atomic E-state index is 0.208. The number of carbonyl (C=O) groups is 1. The number of rotatable bonds is 2. The molecule has 0 saturated carbocycles. The van der Waals surface area contributed by atoms with E-state index < -0.39 is 5.97 Å². The third kappa shape index (κ3) is 1.37. The number of aryl methyl sites for hydroxylation is 1. The molecular weight excluding hydrogens is 164 g/mol. The van der Waals surface area contributed by atoms with E-state index in [4.69, 9.17) is 5.11 Å². The van der Waals surface area contributed by atoms with Gasteiger partial charge in [0, 0.05) is 18.4 Å². The van der Waals surface area contributed by atoms with Gasteiger partial charge in [-0.3, -0.25) is 4.68 Å². The van der Waals surface area contributed by atoms with Crippen molar-refractivity contribution < 1.29 is 9.90 Å². The Balaban J connectivity index is 3.17. The van der Waals surface area contributed by atoms with E-state index >= 15 is 0 Å². The lowest BCUT2D eigenvalue weighted by Gasteiger charge is -1.96. The van der Waals surface area contributed by atoms with Crippen molar-refractivity contribution in [2.75, 3.05) is 0 Å². The highest BCUT2D eigenvalue weighted by molar-refractivity contribution is 7.79. The zero-order chi connectivity index (χ0) is 8.43. The van der Waals surface area contributed by atoms with Crippen LogP contribution in [0.3, 0.4) is 0 Å². The molecule has 0 amide bonds. The first-order chi connectivity index (χ1) is 5.16. The highest BCUT2D eigenvalue weighted by atomic mass is 32.1. The Morgan fingerprint density at radius 3 is 2.91 bits per heavy atom. The second-order valence-electron chi connectivity index (χ2n) is 2.11. The average Bonchev–Trinajstić information content (AvgIpc) is 2.30. The van der Waals surface area contributed by atoms with Gasteiger partial charge in [-0.2, -0.15) is 17.7 Å². The van der Waals surface area contributed by atoms with Crippen LogP contribution in [0, 0.1) is 0 Å². The number of nitrogens with zero attached hydrogens (tertiary/aromatic N) is 2. The zero-order valence-corrected chi connectivity index (χ0v) is 6.88. The molecular formula is C6H8N2O2S. The molecule has 0 fully saturated rings. The standard InChI is InChI=1S/C6H8N2O2S/c1-8-5(6(9)10)4(3-11)2-7-8/h2,11H,3H2,1H3,(H,9,10). The summed E-state index contributed by atoms with van der Waals surface area (Å²) >= 11 is 3.97. The van der Waals surface area contributed by atoms with Crippen molar-refractivity contribution in [3.8, 4) is 0 Å². The van der Waals surface area contributed by atoms with Crippen LogP contribution in [0.4, 0.5) is 0 Å². The first-order valence-corrected chi connectivity index (χ1v) is 3.65. The van der Waals surface area contributed by atoms with Crippen LogP contribution in [0.5, 0.6) is 0 Å². The summed E-state index contributed by atoms with van der Waals surface area (Å²) in [6.45, 7) is 0. The predicted octanol–water partition coefficient (Wildman–Crippen LogP) is 0.548. The first kappa shape index (κ1) is 8.13. The van der Waals surface area contributed by atoms with Crippen molar-refractivity contribution >= 4 is 18.6 Å². The number of aromatic carboxylic acids is 1. The van der Waals surface area contributed by atoms with Crippen LogP contribution in [0.15, 0.2) is 6.20 Å². The van der Waals surface area contributed by atoms with Crippen molar-refractivity contribution in [2.45, 2.75) is 5.75 Å². The van der Waals surface area contributed by atoms with Gasteiger partial charge in [0.05, 0.1) is 6.20 Å². The maximum Gasteiger partial charge on any atom is 0.354 e. The van der Waals surface area contributed by atoms with E-state index in [1.54, 1.807) is 7.05 Å². The molecule has 1 rings (SSSR count). The summed E-state index contributed by atoms with van der Waals surface area (Å²) in [6, 6.07) is 0. The molecule has 1 aromatic rings. The van der Waals surface area contributed by atoms with Gasteiger partial charge in [-0.1, -0.05) is 0 Å². The summed E-state index contributed by atoms with van der Waals surface area (Å²) in [5.41, 5.74) is 0.850. The van der Waals surface area contributed by atoms with Gasteiger partial charge in [0.2, 0.25) is 0 Å². The van der Waals surface area contributed by atoms with Gasteiger partial charge < -0.3 is 5.11 Å². The molecule has 0 unspecified atom stereocenters. The van der Waals surface area contributed by atoms with Crippen LogP contribution < -0.4 is 0 Å². The largest absolute Gasteiger partial charge is 0.477 e. The van der Waals surface area contributed by atoms with E-state index in [1.165, 1.54) is 10.9 Å². The molecule has 60 valence electrons. The SMILES string of the molecule is Cn1ncc(CS)c1C(=O)O. The molecule has 11 heavy (non-hydrogen) atoms. The molecule has 0 bridgehead atoms. The lowest BCUT2D eigenvalue weighted by atomic mass is 10.3. The van der Waals surface area contributed by atoms with E-state index in [0.29, 0.717) is 11.3 Å². The third-order valence-electron chi connectivity index (χ3n) is 1.39. The number of aromatic nitrogens is 2. The van der Waals surface area contributed by atoms with Gasteiger partial charge in [0.1, 0.15) is 5.69 Å². The minimum Gasteiger partial charge on any atom is -0.477 e. The molecule has 0 aliphatic rings. The molecule has 0 aliphatic heterocycles. The summed E-state index contributed by atoms with van der Waals surface area (Å²) in [7, 11) is 1.59. The number of carboxylic acids is 1. The summed E-state index contributed by atoms with van der Waals surface area (Å²) < 4.78 is 1.33. The number of carboxylic acid groups (broad SMARTS) is 1. The molecule has 1 heterocycles. The summed E-state index contributed by atoms with van der Waals surface area (Å²) in [4.78, 5) is 10.6.